The fourth-order valence-electron chi connectivity index (χ4n) is 3.58. The molecule has 3 aromatic rings. The zero-order valence-corrected chi connectivity index (χ0v) is 16.3. The van der Waals surface area contributed by atoms with Crippen molar-refractivity contribution in [1.29, 1.82) is 0 Å². The van der Waals surface area contributed by atoms with Crippen molar-refractivity contribution in [3.05, 3.63) is 68.0 Å². The second-order valence-corrected chi connectivity index (χ2v) is 6.37. The van der Waals surface area contributed by atoms with Crippen molar-refractivity contribution in [3.63, 3.8) is 0 Å². The third-order valence-electron chi connectivity index (χ3n) is 4.78. The van der Waals surface area contributed by atoms with E-state index < -0.39 is 10.5 Å². The molecule has 2 aromatic carbocycles. The predicted molar refractivity (Wildman–Crippen MR) is 109 cm³/mol. The Morgan fingerprint density at radius 3 is 2.50 bits per heavy atom. The van der Waals surface area contributed by atoms with E-state index in [1.165, 1.54) is 41.0 Å². The number of nitro benzene ring substituents is 1. The van der Waals surface area contributed by atoms with Crippen molar-refractivity contribution in [2.45, 2.75) is 13.0 Å². The summed E-state index contributed by atoms with van der Waals surface area (Å²) >= 11 is 0. The van der Waals surface area contributed by atoms with Crippen LogP contribution in [0, 0.1) is 10.1 Å². The molecule has 0 radical (unpaired) electrons. The highest BCUT2D eigenvalue weighted by atomic mass is 79.9. The van der Waals surface area contributed by atoms with Gasteiger partial charge in [-0.05, 0) is 37.2 Å². The van der Waals surface area contributed by atoms with E-state index in [1.54, 1.807) is 0 Å². The minimum Gasteiger partial charge on any atom is -0.508 e. The minimum absolute atomic E-state index is 0. The van der Waals surface area contributed by atoms with Crippen LogP contribution in [0.3, 0.4) is 0 Å². The van der Waals surface area contributed by atoms with Crippen LogP contribution in [0.5, 0.6) is 5.75 Å². The van der Waals surface area contributed by atoms with Gasteiger partial charge in [0, 0.05) is 35.2 Å². The molecule has 9 heteroatoms. The van der Waals surface area contributed by atoms with Crippen molar-refractivity contribution < 1.29 is 14.8 Å². The first-order valence-corrected chi connectivity index (χ1v) is 8.37. The number of benzene rings is 2. The molecule has 0 spiro atoms. The summed E-state index contributed by atoms with van der Waals surface area (Å²) in [5.74, 6) is -0.295. The number of nitrogens with zero attached hydrogens (tertiary/aromatic N) is 2. The molecule has 0 aliphatic heterocycles. The number of ketones is 1. The lowest BCUT2D eigenvalue weighted by Crippen LogP contribution is -2.24. The van der Waals surface area contributed by atoms with Crippen molar-refractivity contribution in [1.82, 2.24) is 4.57 Å². The van der Waals surface area contributed by atoms with E-state index >= 15 is 0 Å². The Morgan fingerprint density at radius 2 is 1.82 bits per heavy atom. The number of hydrogen-bond acceptors (Lipinski definition) is 6. The number of nitro groups is 1. The van der Waals surface area contributed by atoms with Gasteiger partial charge in [-0.15, -0.1) is 17.0 Å². The number of aromatic nitrogens is 1. The Kier molecular flexibility index (Phi) is 5.05. The zero-order chi connectivity index (χ0) is 19.3. The molecule has 0 unspecified atom stereocenters. The molecule has 1 aliphatic rings. The minimum atomic E-state index is -0.578. The highest BCUT2D eigenvalue weighted by molar-refractivity contribution is 8.93. The molecule has 0 saturated carbocycles. The predicted octanol–water partition coefficient (Wildman–Crippen LogP) is 2.75. The number of hydrogen-bond donors (Lipinski definition) is 2. The second-order valence-electron chi connectivity index (χ2n) is 6.37. The topological polar surface area (TPSA) is 128 Å². The SMILES string of the molecule is Br.NCCCn1c2c(c3ccc([N+](=O)[O-])cc3c1=O)C(=O)c1ccc(O)cc1-2. The molecule has 0 atom stereocenters. The van der Waals surface area contributed by atoms with Crippen LogP contribution in [0.15, 0.2) is 41.2 Å². The summed E-state index contributed by atoms with van der Waals surface area (Å²) in [7, 11) is 0. The van der Waals surface area contributed by atoms with Crippen LogP contribution < -0.4 is 11.3 Å². The van der Waals surface area contributed by atoms with Crippen LogP contribution in [0.2, 0.25) is 0 Å². The molecule has 0 fully saturated rings. The third-order valence-corrected chi connectivity index (χ3v) is 4.78. The molecule has 1 aliphatic carbocycles. The zero-order valence-electron chi connectivity index (χ0n) is 14.5. The Morgan fingerprint density at radius 1 is 1.07 bits per heavy atom. The highest BCUT2D eigenvalue weighted by Crippen LogP contribution is 2.41. The fourth-order valence-corrected chi connectivity index (χ4v) is 3.58. The van der Waals surface area contributed by atoms with Gasteiger partial charge in [-0.2, -0.15) is 0 Å². The van der Waals surface area contributed by atoms with Crippen molar-refractivity contribution >= 4 is 39.2 Å². The molecular formula is C19H16BrN3O5. The largest absolute Gasteiger partial charge is 0.508 e. The quantitative estimate of drug-likeness (QED) is 0.367. The van der Waals surface area contributed by atoms with E-state index in [0.29, 0.717) is 40.7 Å². The van der Waals surface area contributed by atoms with Gasteiger partial charge in [-0.1, -0.05) is 0 Å². The van der Waals surface area contributed by atoms with E-state index in [9.17, 15) is 24.8 Å². The number of aromatic hydroxyl groups is 1. The first kappa shape index (κ1) is 19.7. The Balaban J connectivity index is 0.00000225. The van der Waals surface area contributed by atoms with Gasteiger partial charge in [0.25, 0.3) is 11.2 Å². The fraction of sp³-hybridized carbons (Fsp3) is 0.158. The molecular weight excluding hydrogens is 430 g/mol. The second kappa shape index (κ2) is 7.17. The van der Waals surface area contributed by atoms with Crippen LogP contribution in [-0.2, 0) is 6.54 Å². The molecule has 4 rings (SSSR count). The van der Waals surface area contributed by atoms with Gasteiger partial charge in [0.05, 0.1) is 21.6 Å². The number of phenols is 1. The van der Waals surface area contributed by atoms with Gasteiger partial charge in [0.2, 0.25) is 0 Å². The van der Waals surface area contributed by atoms with Gasteiger partial charge < -0.3 is 15.4 Å². The number of rotatable bonds is 4. The lowest BCUT2D eigenvalue weighted by molar-refractivity contribution is -0.384. The first-order valence-electron chi connectivity index (χ1n) is 8.37. The normalized spacial score (nSPS) is 11.8. The van der Waals surface area contributed by atoms with Gasteiger partial charge >= 0.3 is 0 Å². The molecule has 0 bridgehead atoms. The lowest BCUT2D eigenvalue weighted by Gasteiger charge is -2.14. The maximum absolute atomic E-state index is 13.1. The van der Waals surface area contributed by atoms with Gasteiger partial charge in [-0.3, -0.25) is 19.7 Å². The Hall–Kier alpha value is -3.04. The van der Waals surface area contributed by atoms with E-state index in [-0.39, 0.29) is 46.1 Å². The molecule has 1 aromatic heterocycles. The molecule has 8 nitrogen and oxygen atoms in total. The molecule has 144 valence electrons. The van der Waals surface area contributed by atoms with E-state index in [0.717, 1.165) is 0 Å². The molecule has 3 N–H and O–H groups in total. The van der Waals surface area contributed by atoms with Crippen molar-refractivity contribution in [2.75, 3.05) is 6.54 Å². The molecule has 28 heavy (non-hydrogen) atoms. The van der Waals surface area contributed by atoms with Crippen molar-refractivity contribution in [2.24, 2.45) is 5.73 Å². The number of halogens is 1. The van der Waals surface area contributed by atoms with Gasteiger partial charge in [0.15, 0.2) is 5.78 Å². The number of nitrogens with two attached hydrogens (primary N) is 1. The summed E-state index contributed by atoms with van der Waals surface area (Å²) in [6, 6.07) is 8.30. The van der Waals surface area contributed by atoms with E-state index in [1.807, 2.05) is 0 Å². The van der Waals surface area contributed by atoms with Gasteiger partial charge in [-0.25, -0.2) is 0 Å². The number of non-ortho nitro benzene ring substituents is 1. The summed E-state index contributed by atoms with van der Waals surface area (Å²) in [4.78, 5) is 36.6. The summed E-state index contributed by atoms with van der Waals surface area (Å²) in [6.45, 7) is 0.605. The number of carbonyl (C=O) groups excluding carboxylic acids is 1. The first-order chi connectivity index (χ1) is 12.9. The monoisotopic (exact) mass is 445 g/mol. The van der Waals surface area contributed by atoms with Crippen molar-refractivity contribution in [3.8, 4) is 17.0 Å². The summed E-state index contributed by atoms with van der Waals surface area (Å²) in [5, 5.41) is 21.5. The number of pyridine rings is 1. The third kappa shape index (κ3) is 2.79. The Bertz CT molecular complexity index is 1200. The average molecular weight is 446 g/mol. The van der Waals surface area contributed by atoms with E-state index in [4.69, 9.17) is 5.73 Å². The summed E-state index contributed by atoms with van der Waals surface area (Å²) in [5.41, 5.74) is 6.54. The number of phenolic OH excluding ortho intramolecular Hbond substituents is 1. The van der Waals surface area contributed by atoms with Gasteiger partial charge in [0.1, 0.15) is 5.75 Å². The molecule has 0 amide bonds. The molecule has 1 heterocycles. The van der Waals surface area contributed by atoms with Crippen LogP contribution >= 0.6 is 17.0 Å². The lowest BCUT2D eigenvalue weighted by atomic mass is 10.0. The smallest absolute Gasteiger partial charge is 0.270 e. The van der Waals surface area contributed by atoms with Crippen LogP contribution in [0.1, 0.15) is 22.3 Å². The van der Waals surface area contributed by atoms with E-state index in [2.05, 4.69) is 0 Å². The average Bonchev–Trinajstić information content (AvgIpc) is 2.93. The van der Waals surface area contributed by atoms with Crippen LogP contribution in [0.25, 0.3) is 22.0 Å². The summed E-state index contributed by atoms with van der Waals surface area (Å²) in [6.07, 6.45) is 0.495. The van der Waals surface area contributed by atoms with Crippen LogP contribution in [0.4, 0.5) is 5.69 Å². The van der Waals surface area contributed by atoms with Crippen LogP contribution in [-0.4, -0.2) is 26.9 Å². The maximum atomic E-state index is 13.1. The Labute approximate surface area is 169 Å². The molecule has 0 saturated heterocycles. The summed E-state index contributed by atoms with van der Waals surface area (Å²) < 4.78 is 1.43. The number of fused-ring (bicyclic) bond motifs is 5. The highest BCUT2D eigenvalue weighted by Gasteiger charge is 2.33. The number of carbonyl (C=O) groups is 1. The standard InChI is InChI=1S/C19H15N3O5.BrH/c20-6-1-7-21-17-14-9-11(23)3-5-13(14)18(24)16(17)12-4-2-10(22(26)27)8-15(12)19(21)25;/h2-5,8-9,23H,1,6-7,20H2;1H. The maximum Gasteiger partial charge on any atom is 0.270 e.